The molecule has 2 rings (SSSR count). The number of benzene rings is 2. The van der Waals surface area contributed by atoms with E-state index < -0.39 is 23.5 Å². The lowest BCUT2D eigenvalue weighted by Crippen LogP contribution is -2.32. The van der Waals surface area contributed by atoms with E-state index in [1.165, 1.54) is 13.8 Å². The van der Waals surface area contributed by atoms with E-state index in [-0.39, 0.29) is 5.75 Å². The molecule has 0 N–H and O–H groups in total. The summed E-state index contributed by atoms with van der Waals surface area (Å²) >= 11 is 0. The van der Waals surface area contributed by atoms with E-state index in [0.29, 0.717) is 12.4 Å². The van der Waals surface area contributed by atoms with Crippen LogP contribution in [0.5, 0.6) is 11.5 Å². The van der Waals surface area contributed by atoms with Crippen LogP contribution < -0.4 is 9.47 Å². The van der Waals surface area contributed by atoms with E-state index >= 15 is 0 Å². The van der Waals surface area contributed by atoms with Crippen molar-refractivity contribution in [1.29, 1.82) is 0 Å². The molecule has 124 valence electrons. The minimum absolute atomic E-state index is 0.250. The van der Waals surface area contributed by atoms with Gasteiger partial charge in [-0.2, -0.15) is 0 Å². The molecule has 0 amide bonds. The zero-order valence-corrected chi connectivity index (χ0v) is 13.5. The molecule has 2 aromatic carbocycles. The maximum absolute atomic E-state index is 11.9. The summed E-state index contributed by atoms with van der Waals surface area (Å²) < 4.78 is 10.7. The van der Waals surface area contributed by atoms with Gasteiger partial charge in [0.15, 0.2) is 17.5 Å². The summed E-state index contributed by atoms with van der Waals surface area (Å²) in [6.45, 7) is 2.80. The third-order valence-electron chi connectivity index (χ3n) is 3.34. The summed E-state index contributed by atoms with van der Waals surface area (Å²) in [6.07, 6.45) is 0. The molecular formula is C19H18O5. The van der Waals surface area contributed by atoms with E-state index in [1.807, 2.05) is 30.3 Å². The second kappa shape index (κ2) is 8.06. The normalized spacial score (nSPS) is 10.3. The van der Waals surface area contributed by atoms with Crippen molar-refractivity contribution in [3.8, 4) is 11.5 Å². The zero-order valence-electron chi connectivity index (χ0n) is 13.5. The number of carbonyl (C=O) groups excluding carboxylic acids is 3. The lowest BCUT2D eigenvalue weighted by Gasteiger charge is -2.11. The molecule has 0 aliphatic heterocycles. The third kappa shape index (κ3) is 4.78. The predicted molar refractivity (Wildman–Crippen MR) is 87.7 cm³/mol. The maximum Gasteiger partial charge on any atom is 0.329 e. The average Bonchev–Trinajstić information content (AvgIpc) is 2.54. The number of Topliss-reactive ketones (excluding diaryl/α,β-unsaturated/α-hetero) is 2. The molecule has 0 saturated carbocycles. The topological polar surface area (TPSA) is 69.7 Å². The van der Waals surface area contributed by atoms with Crippen molar-refractivity contribution in [2.75, 3.05) is 0 Å². The monoisotopic (exact) mass is 326 g/mol. The number of carbonyl (C=O) groups is 3. The maximum atomic E-state index is 11.9. The Hall–Kier alpha value is -2.95. The molecule has 24 heavy (non-hydrogen) atoms. The van der Waals surface area contributed by atoms with E-state index in [4.69, 9.17) is 9.47 Å². The van der Waals surface area contributed by atoms with Gasteiger partial charge in [0.25, 0.3) is 0 Å². The van der Waals surface area contributed by atoms with E-state index in [1.54, 1.807) is 24.3 Å². The Morgan fingerprint density at radius 1 is 0.833 bits per heavy atom. The highest BCUT2D eigenvalue weighted by Crippen LogP contribution is 2.20. The molecule has 0 heterocycles. The highest BCUT2D eigenvalue weighted by atomic mass is 16.5. The van der Waals surface area contributed by atoms with Gasteiger partial charge in [-0.25, -0.2) is 0 Å². The van der Waals surface area contributed by atoms with Gasteiger partial charge in [0.1, 0.15) is 18.1 Å². The largest absolute Gasteiger partial charge is 0.489 e. The number of esters is 1. The summed E-state index contributed by atoms with van der Waals surface area (Å²) in [7, 11) is 0. The van der Waals surface area contributed by atoms with Gasteiger partial charge >= 0.3 is 5.97 Å². The van der Waals surface area contributed by atoms with Gasteiger partial charge in [-0.05, 0) is 43.7 Å². The Morgan fingerprint density at radius 2 is 1.38 bits per heavy atom. The van der Waals surface area contributed by atoms with Crippen molar-refractivity contribution >= 4 is 17.5 Å². The molecule has 0 radical (unpaired) electrons. The Kier molecular flexibility index (Phi) is 5.84. The van der Waals surface area contributed by atoms with Gasteiger partial charge in [-0.1, -0.05) is 30.3 Å². The first-order chi connectivity index (χ1) is 11.5. The highest BCUT2D eigenvalue weighted by molar-refractivity contribution is 6.16. The number of ketones is 2. The van der Waals surface area contributed by atoms with E-state index in [9.17, 15) is 14.4 Å². The summed E-state index contributed by atoms with van der Waals surface area (Å²) in [5, 5.41) is 0. The van der Waals surface area contributed by atoms with E-state index in [2.05, 4.69) is 0 Å². The van der Waals surface area contributed by atoms with Gasteiger partial charge in [-0.15, -0.1) is 0 Å². The lowest BCUT2D eigenvalue weighted by atomic mass is 10.0. The zero-order chi connectivity index (χ0) is 17.5. The molecule has 0 aliphatic carbocycles. The van der Waals surface area contributed by atoms with Crippen LogP contribution in [0.1, 0.15) is 19.4 Å². The average molecular weight is 326 g/mol. The fourth-order valence-corrected chi connectivity index (χ4v) is 2.14. The fraction of sp³-hybridized carbons (Fsp3) is 0.211. The van der Waals surface area contributed by atoms with Crippen molar-refractivity contribution < 1.29 is 23.9 Å². The van der Waals surface area contributed by atoms with Crippen LogP contribution in [-0.2, 0) is 21.0 Å². The van der Waals surface area contributed by atoms with Crippen LogP contribution in [0.3, 0.4) is 0 Å². The number of hydrogen-bond acceptors (Lipinski definition) is 5. The molecule has 5 nitrogen and oxygen atoms in total. The lowest BCUT2D eigenvalue weighted by molar-refractivity contribution is -0.147. The molecule has 2 aromatic rings. The second-order valence-electron chi connectivity index (χ2n) is 5.32. The minimum atomic E-state index is -1.38. The Bertz CT molecular complexity index is 705. The molecule has 0 spiro atoms. The van der Waals surface area contributed by atoms with Gasteiger partial charge in [0, 0.05) is 0 Å². The Labute approximate surface area is 140 Å². The van der Waals surface area contributed by atoms with Crippen molar-refractivity contribution in [2.24, 2.45) is 5.92 Å². The Balaban J connectivity index is 1.95. The third-order valence-corrected chi connectivity index (χ3v) is 3.34. The van der Waals surface area contributed by atoms with Crippen molar-refractivity contribution in [3.63, 3.8) is 0 Å². The van der Waals surface area contributed by atoms with Crippen molar-refractivity contribution in [1.82, 2.24) is 0 Å². The molecule has 0 aliphatic rings. The molecule has 0 saturated heterocycles. The van der Waals surface area contributed by atoms with Gasteiger partial charge in [0.2, 0.25) is 0 Å². The van der Waals surface area contributed by atoms with Gasteiger partial charge in [0.05, 0.1) is 0 Å². The number of hydrogen-bond donors (Lipinski definition) is 0. The molecule has 0 atom stereocenters. The standard InChI is InChI=1S/C19H18O5/c1-13(20)18(14(2)21)19(22)24-17-10-8-16(9-11-17)23-12-15-6-4-3-5-7-15/h3-11,18H,12H2,1-2H3. The first-order valence-corrected chi connectivity index (χ1v) is 7.47. The van der Waals surface area contributed by atoms with Crippen LogP contribution in [0, 0.1) is 5.92 Å². The summed E-state index contributed by atoms with van der Waals surface area (Å²) in [5.74, 6) is -2.44. The smallest absolute Gasteiger partial charge is 0.329 e. The van der Waals surface area contributed by atoms with Crippen molar-refractivity contribution in [3.05, 3.63) is 60.2 Å². The molecular weight excluding hydrogens is 308 g/mol. The van der Waals surface area contributed by atoms with Crippen LogP contribution in [-0.4, -0.2) is 17.5 Å². The highest BCUT2D eigenvalue weighted by Gasteiger charge is 2.30. The molecule has 0 fully saturated rings. The van der Waals surface area contributed by atoms with Gasteiger partial charge in [-0.3, -0.25) is 14.4 Å². The SMILES string of the molecule is CC(=O)C(C(C)=O)C(=O)Oc1ccc(OCc2ccccc2)cc1. The summed E-state index contributed by atoms with van der Waals surface area (Å²) in [5.41, 5.74) is 1.04. The van der Waals surface area contributed by atoms with Crippen LogP contribution >= 0.6 is 0 Å². The van der Waals surface area contributed by atoms with Crippen LogP contribution in [0.2, 0.25) is 0 Å². The molecule has 0 unspecified atom stereocenters. The fourth-order valence-electron chi connectivity index (χ4n) is 2.14. The Morgan fingerprint density at radius 3 is 1.92 bits per heavy atom. The molecule has 0 aromatic heterocycles. The summed E-state index contributed by atoms with van der Waals surface area (Å²) in [4.78, 5) is 34.6. The minimum Gasteiger partial charge on any atom is -0.489 e. The molecule has 5 heteroatoms. The van der Waals surface area contributed by atoms with Gasteiger partial charge < -0.3 is 9.47 Å². The van der Waals surface area contributed by atoms with Crippen molar-refractivity contribution in [2.45, 2.75) is 20.5 Å². The second-order valence-corrected chi connectivity index (χ2v) is 5.32. The quantitative estimate of drug-likeness (QED) is 0.444. The first kappa shape index (κ1) is 17.4. The van der Waals surface area contributed by atoms with Crippen LogP contribution in [0.25, 0.3) is 0 Å². The van der Waals surface area contributed by atoms with E-state index in [0.717, 1.165) is 5.56 Å². The number of rotatable bonds is 7. The van der Waals surface area contributed by atoms with Crippen LogP contribution in [0.15, 0.2) is 54.6 Å². The van der Waals surface area contributed by atoms with Crippen LogP contribution in [0.4, 0.5) is 0 Å². The molecule has 0 bridgehead atoms. The summed E-state index contributed by atoms with van der Waals surface area (Å²) in [6, 6.07) is 16.1. The number of ether oxygens (including phenoxy) is 2. The first-order valence-electron chi connectivity index (χ1n) is 7.47. The predicted octanol–water partition coefficient (Wildman–Crippen LogP) is 2.97.